The van der Waals surface area contributed by atoms with Crippen molar-refractivity contribution in [2.45, 2.75) is 44.8 Å². The average molecular weight is 485 g/mol. The van der Waals surface area contributed by atoms with Crippen LogP contribution in [0.1, 0.15) is 37.3 Å². The average Bonchev–Trinajstić information content (AvgIpc) is 3.60. The molecule has 1 saturated heterocycles. The lowest BCUT2D eigenvalue weighted by atomic mass is 9.95. The van der Waals surface area contributed by atoms with E-state index in [0.717, 1.165) is 75.1 Å². The third-order valence-electron chi connectivity index (χ3n) is 7.89. The summed E-state index contributed by atoms with van der Waals surface area (Å²) in [5.41, 5.74) is 7.06. The van der Waals surface area contributed by atoms with Gasteiger partial charge in [0.2, 0.25) is 0 Å². The van der Waals surface area contributed by atoms with E-state index in [4.69, 9.17) is 4.98 Å². The monoisotopic (exact) mass is 484 g/mol. The van der Waals surface area contributed by atoms with Gasteiger partial charge in [-0.3, -0.25) is 4.90 Å². The third kappa shape index (κ3) is 4.90. The van der Waals surface area contributed by atoms with Gasteiger partial charge >= 0.3 is 6.03 Å². The Bertz CT molecular complexity index is 1270. The van der Waals surface area contributed by atoms with E-state index in [9.17, 15) is 4.79 Å². The predicted octanol–water partition coefficient (Wildman–Crippen LogP) is 4.33. The molecule has 1 saturated carbocycles. The standard InChI is InChI=1S/C29H36N6O/c1-20-15-23(9-10-35(20)29(36)32-25-7-8-25)27-18-31-28-26(27)16-24(17-30-28)22-5-3-21(4-6-22)19-34-13-11-33(2)12-14-34/h3-6,15-18,20,25H,7-14,19H2,1-2H3,(H,30,31)(H,32,36). The zero-order chi connectivity index (χ0) is 24.6. The minimum Gasteiger partial charge on any atom is -0.346 e. The summed E-state index contributed by atoms with van der Waals surface area (Å²) < 4.78 is 0. The van der Waals surface area contributed by atoms with E-state index in [2.05, 4.69) is 76.7 Å². The highest BCUT2D eigenvalue weighted by Crippen LogP contribution is 2.33. The highest BCUT2D eigenvalue weighted by molar-refractivity contribution is 5.93. The van der Waals surface area contributed by atoms with Crippen molar-refractivity contribution < 1.29 is 4.79 Å². The van der Waals surface area contributed by atoms with Gasteiger partial charge in [-0.15, -0.1) is 0 Å². The second kappa shape index (κ2) is 9.71. The molecule has 2 aromatic heterocycles. The first kappa shape index (κ1) is 23.3. The molecular weight excluding hydrogens is 448 g/mol. The fourth-order valence-electron chi connectivity index (χ4n) is 5.40. The topological polar surface area (TPSA) is 67.5 Å². The summed E-state index contributed by atoms with van der Waals surface area (Å²) in [6.07, 6.45) is 9.33. The number of nitrogens with one attached hydrogen (secondary N) is 2. The minimum atomic E-state index is 0.0687. The van der Waals surface area contributed by atoms with Crippen LogP contribution in [0, 0.1) is 0 Å². The van der Waals surface area contributed by atoms with Crippen LogP contribution in [-0.2, 0) is 6.54 Å². The number of carbonyl (C=O) groups is 1. The van der Waals surface area contributed by atoms with E-state index in [1.807, 2.05) is 11.1 Å². The molecule has 1 atom stereocenters. The minimum absolute atomic E-state index is 0.0687. The van der Waals surface area contributed by atoms with Gasteiger partial charge in [0, 0.05) is 80.3 Å². The van der Waals surface area contributed by atoms with Crippen LogP contribution < -0.4 is 5.32 Å². The van der Waals surface area contributed by atoms with Gasteiger partial charge in [-0.1, -0.05) is 30.3 Å². The van der Waals surface area contributed by atoms with E-state index in [1.54, 1.807) is 0 Å². The number of pyridine rings is 1. The van der Waals surface area contributed by atoms with E-state index < -0.39 is 0 Å². The van der Waals surface area contributed by atoms with Crippen LogP contribution in [-0.4, -0.2) is 82.6 Å². The summed E-state index contributed by atoms with van der Waals surface area (Å²) in [6.45, 7) is 8.40. The summed E-state index contributed by atoms with van der Waals surface area (Å²) in [6, 6.07) is 11.7. The third-order valence-corrected chi connectivity index (χ3v) is 7.89. The summed E-state index contributed by atoms with van der Waals surface area (Å²) in [7, 11) is 2.20. The van der Waals surface area contributed by atoms with E-state index in [-0.39, 0.29) is 12.1 Å². The first-order valence-corrected chi connectivity index (χ1v) is 13.3. The summed E-state index contributed by atoms with van der Waals surface area (Å²) in [5.74, 6) is 0. The van der Waals surface area contributed by atoms with Crippen molar-refractivity contribution in [3.8, 4) is 11.1 Å². The lowest BCUT2D eigenvalue weighted by molar-refractivity contribution is 0.148. The zero-order valence-electron chi connectivity index (χ0n) is 21.3. The van der Waals surface area contributed by atoms with Gasteiger partial charge in [0.25, 0.3) is 0 Å². The molecule has 4 heterocycles. The lowest BCUT2D eigenvalue weighted by Gasteiger charge is -2.32. The molecule has 2 fully saturated rings. The van der Waals surface area contributed by atoms with Crippen molar-refractivity contribution in [1.29, 1.82) is 0 Å². The SMILES string of the molecule is CC1C=C(c2c[nH]c3ncc(-c4ccc(CN5CCN(C)CC5)cc4)cc23)CCN1C(=O)NC1CC1. The molecule has 0 radical (unpaired) electrons. The molecule has 3 aromatic rings. The van der Waals surface area contributed by atoms with Crippen LogP contribution in [0.4, 0.5) is 4.79 Å². The van der Waals surface area contributed by atoms with Gasteiger partial charge in [-0.05, 0) is 56.0 Å². The smallest absolute Gasteiger partial charge is 0.318 e. The molecule has 1 unspecified atom stereocenters. The number of hydrogen-bond donors (Lipinski definition) is 2. The van der Waals surface area contributed by atoms with Crippen LogP contribution >= 0.6 is 0 Å². The van der Waals surface area contributed by atoms with Crippen LogP contribution in [0.15, 0.2) is 48.8 Å². The number of H-pyrrole nitrogens is 1. The first-order chi connectivity index (χ1) is 17.5. The largest absolute Gasteiger partial charge is 0.346 e. The maximum Gasteiger partial charge on any atom is 0.318 e. The number of aromatic amines is 1. The molecule has 0 spiro atoms. The van der Waals surface area contributed by atoms with Crippen molar-refractivity contribution in [2.24, 2.45) is 0 Å². The summed E-state index contributed by atoms with van der Waals surface area (Å²) >= 11 is 0. The highest BCUT2D eigenvalue weighted by Gasteiger charge is 2.29. The Labute approximate surface area is 213 Å². The van der Waals surface area contributed by atoms with Gasteiger partial charge < -0.3 is 20.1 Å². The number of aromatic nitrogens is 2. The molecule has 0 bridgehead atoms. The van der Waals surface area contributed by atoms with E-state index >= 15 is 0 Å². The number of rotatable bonds is 5. The molecule has 2 aliphatic heterocycles. The molecule has 1 aromatic carbocycles. The maximum atomic E-state index is 12.6. The number of hydrogen-bond acceptors (Lipinski definition) is 4. The van der Waals surface area contributed by atoms with Gasteiger partial charge in [0.05, 0.1) is 0 Å². The van der Waals surface area contributed by atoms with Crippen molar-refractivity contribution in [2.75, 3.05) is 39.8 Å². The fraction of sp³-hybridized carbons (Fsp3) is 0.448. The van der Waals surface area contributed by atoms with Gasteiger partial charge in [0.15, 0.2) is 0 Å². The molecular formula is C29H36N6O. The van der Waals surface area contributed by atoms with Crippen molar-refractivity contribution in [3.05, 3.63) is 59.9 Å². The van der Waals surface area contributed by atoms with Crippen molar-refractivity contribution in [3.63, 3.8) is 0 Å². The Balaban J connectivity index is 1.19. The predicted molar refractivity (Wildman–Crippen MR) is 145 cm³/mol. The molecule has 2 N–H and O–H groups in total. The molecule has 36 heavy (non-hydrogen) atoms. The normalized spacial score (nSPS) is 21.6. The van der Waals surface area contributed by atoms with E-state index in [0.29, 0.717) is 6.04 Å². The number of likely N-dealkylation sites (N-methyl/N-ethyl adjacent to an activating group) is 1. The molecule has 6 rings (SSSR count). The Hall–Kier alpha value is -3.16. The molecule has 1 aliphatic carbocycles. The van der Waals surface area contributed by atoms with Crippen LogP contribution in [0.25, 0.3) is 27.7 Å². The van der Waals surface area contributed by atoms with Crippen LogP contribution in [0.5, 0.6) is 0 Å². The maximum absolute atomic E-state index is 12.6. The number of amides is 2. The number of urea groups is 1. The lowest BCUT2D eigenvalue weighted by Crippen LogP contribution is -2.47. The molecule has 7 heteroatoms. The van der Waals surface area contributed by atoms with E-state index in [1.165, 1.54) is 22.3 Å². The number of nitrogens with zero attached hydrogens (tertiary/aromatic N) is 4. The Morgan fingerprint density at radius 3 is 2.58 bits per heavy atom. The van der Waals surface area contributed by atoms with Gasteiger partial charge in [-0.25, -0.2) is 9.78 Å². The fourth-order valence-corrected chi connectivity index (χ4v) is 5.40. The van der Waals surface area contributed by atoms with Gasteiger partial charge in [0.1, 0.15) is 5.65 Å². The summed E-state index contributed by atoms with van der Waals surface area (Å²) in [5, 5.41) is 4.27. The van der Waals surface area contributed by atoms with Crippen molar-refractivity contribution >= 4 is 22.6 Å². The highest BCUT2D eigenvalue weighted by atomic mass is 16.2. The van der Waals surface area contributed by atoms with Crippen molar-refractivity contribution in [1.82, 2.24) is 30.0 Å². The molecule has 2 amide bonds. The quantitative estimate of drug-likeness (QED) is 0.566. The Morgan fingerprint density at radius 1 is 1.08 bits per heavy atom. The number of carbonyl (C=O) groups excluding carboxylic acids is 1. The molecule has 7 nitrogen and oxygen atoms in total. The summed E-state index contributed by atoms with van der Waals surface area (Å²) in [4.78, 5) is 27.5. The second-order valence-corrected chi connectivity index (χ2v) is 10.7. The number of benzene rings is 1. The van der Waals surface area contributed by atoms with Gasteiger partial charge in [-0.2, -0.15) is 0 Å². The zero-order valence-corrected chi connectivity index (χ0v) is 21.3. The first-order valence-electron chi connectivity index (χ1n) is 13.3. The Morgan fingerprint density at radius 2 is 1.86 bits per heavy atom. The second-order valence-electron chi connectivity index (χ2n) is 10.7. The van der Waals surface area contributed by atoms with Crippen LogP contribution in [0.3, 0.4) is 0 Å². The van der Waals surface area contributed by atoms with Crippen LogP contribution in [0.2, 0.25) is 0 Å². The molecule has 3 aliphatic rings. The Kier molecular flexibility index (Phi) is 6.27. The molecule has 188 valence electrons. The number of piperazine rings is 1. The number of fused-ring (bicyclic) bond motifs is 1.